The van der Waals surface area contributed by atoms with Gasteiger partial charge in [0.05, 0.1) is 24.1 Å². The van der Waals surface area contributed by atoms with Gasteiger partial charge in [0, 0.05) is 0 Å². The van der Waals surface area contributed by atoms with Crippen molar-refractivity contribution < 1.29 is 18.7 Å². The molecular weight excluding hydrogens is 368 g/mol. The second kappa shape index (κ2) is 9.10. The van der Waals surface area contributed by atoms with Crippen molar-refractivity contribution in [1.29, 1.82) is 0 Å². The van der Waals surface area contributed by atoms with Crippen LogP contribution in [0.5, 0.6) is 5.75 Å². The van der Waals surface area contributed by atoms with Gasteiger partial charge in [-0.05, 0) is 68.3 Å². The smallest absolute Gasteiger partial charge is 0.265 e. The minimum atomic E-state index is -0.726. The van der Waals surface area contributed by atoms with Crippen LogP contribution in [0.1, 0.15) is 34.2 Å². The zero-order valence-corrected chi connectivity index (χ0v) is 16.7. The second-order valence-corrected chi connectivity index (χ2v) is 6.88. The first kappa shape index (κ1) is 20.2. The highest BCUT2D eigenvalue weighted by molar-refractivity contribution is 6.04. The standard InChI is InChI=1S/C23H24N2O4/c1-15-11-16(2)13-19(12-15)29-17(3)22(26)25-21-9-5-4-8-20(21)23(27)24-14-18-7-6-10-28-18/h4-13,17H,14H2,1-3H3,(H,24,27)(H,25,26)/t17-/m1/s1. The number of aryl methyl sites for hydroxylation is 2. The first-order chi connectivity index (χ1) is 13.9. The highest BCUT2D eigenvalue weighted by atomic mass is 16.5. The van der Waals surface area contributed by atoms with Gasteiger partial charge in [-0.25, -0.2) is 0 Å². The highest BCUT2D eigenvalue weighted by Gasteiger charge is 2.18. The Morgan fingerprint density at radius 3 is 2.45 bits per heavy atom. The summed E-state index contributed by atoms with van der Waals surface area (Å²) in [6.45, 7) is 5.89. The third-order valence-corrected chi connectivity index (χ3v) is 4.31. The predicted molar refractivity (Wildman–Crippen MR) is 111 cm³/mol. The van der Waals surface area contributed by atoms with Crippen LogP contribution in [0.4, 0.5) is 5.69 Å². The maximum absolute atomic E-state index is 12.6. The summed E-state index contributed by atoms with van der Waals surface area (Å²) in [6, 6.07) is 16.2. The van der Waals surface area contributed by atoms with E-state index in [1.54, 1.807) is 49.6 Å². The predicted octanol–water partition coefficient (Wildman–Crippen LogP) is 4.23. The Hall–Kier alpha value is -3.54. The molecule has 29 heavy (non-hydrogen) atoms. The number of furan rings is 1. The molecule has 6 heteroatoms. The fraction of sp³-hybridized carbons (Fsp3) is 0.217. The first-order valence-corrected chi connectivity index (χ1v) is 9.38. The number of benzene rings is 2. The lowest BCUT2D eigenvalue weighted by molar-refractivity contribution is -0.122. The van der Waals surface area contributed by atoms with E-state index >= 15 is 0 Å². The van der Waals surface area contributed by atoms with E-state index in [1.807, 2.05) is 32.0 Å². The van der Waals surface area contributed by atoms with E-state index in [2.05, 4.69) is 10.6 Å². The van der Waals surface area contributed by atoms with Crippen molar-refractivity contribution in [3.8, 4) is 5.75 Å². The molecular formula is C23H24N2O4. The minimum absolute atomic E-state index is 0.264. The van der Waals surface area contributed by atoms with Crippen LogP contribution in [0.15, 0.2) is 65.3 Å². The van der Waals surface area contributed by atoms with E-state index in [-0.39, 0.29) is 18.4 Å². The lowest BCUT2D eigenvalue weighted by Crippen LogP contribution is -2.31. The maximum Gasteiger partial charge on any atom is 0.265 e. The zero-order chi connectivity index (χ0) is 20.8. The third-order valence-electron chi connectivity index (χ3n) is 4.31. The Labute approximate surface area is 169 Å². The molecule has 3 rings (SSSR count). The minimum Gasteiger partial charge on any atom is -0.481 e. The van der Waals surface area contributed by atoms with Crippen LogP contribution in [0.3, 0.4) is 0 Å². The van der Waals surface area contributed by atoms with Crippen molar-refractivity contribution in [1.82, 2.24) is 5.32 Å². The second-order valence-electron chi connectivity index (χ2n) is 6.88. The van der Waals surface area contributed by atoms with Gasteiger partial charge in [-0.1, -0.05) is 18.2 Å². The average Bonchev–Trinajstić information content (AvgIpc) is 3.19. The van der Waals surface area contributed by atoms with Crippen LogP contribution in [0.25, 0.3) is 0 Å². The van der Waals surface area contributed by atoms with Crippen LogP contribution in [0.2, 0.25) is 0 Å². The van der Waals surface area contributed by atoms with E-state index in [0.29, 0.717) is 22.8 Å². The molecule has 0 spiro atoms. The monoisotopic (exact) mass is 392 g/mol. The summed E-state index contributed by atoms with van der Waals surface area (Å²) in [5, 5.41) is 5.57. The van der Waals surface area contributed by atoms with Crippen molar-refractivity contribution in [3.05, 3.63) is 83.3 Å². The Balaban J connectivity index is 1.66. The molecule has 1 aromatic heterocycles. The Kier molecular flexibility index (Phi) is 6.34. The molecule has 2 aromatic carbocycles. The molecule has 0 saturated carbocycles. The summed E-state index contributed by atoms with van der Waals surface area (Å²) in [7, 11) is 0. The summed E-state index contributed by atoms with van der Waals surface area (Å²) in [6.07, 6.45) is 0.822. The van der Waals surface area contributed by atoms with E-state index in [0.717, 1.165) is 11.1 Å². The van der Waals surface area contributed by atoms with E-state index in [1.165, 1.54) is 0 Å². The number of carbonyl (C=O) groups is 2. The van der Waals surface area contributed by atoms with Gasteiger partial charge in [0.15, 0.2) is 6.10 Å². The molecule has 1 heterocycles. The fourth-order valence-electron chi connectivity index (χ4n) is 2.96. The van der Waals surface area contributed by atoms with Crippen molar-refractivity contribution in [2.45, 2.75) is 33.4 Å². The normalized spacial score (nSPS) is 11.6. The number of amides is 2. The van der Waals surface area contributed by atoms with Crippen LogP contribution < -0.4 is 15.4 Å². The van der Waals surface area contributed by atoms with Crippen LogP contribution >= 0.6 is 0 Å². The van der Waals surface area contributed by atoms with Gasteiger partial charge in [-0.2, -0.15) is 0 Å². The van der Waals surface area contributed by atoms with Gasteiger partial charge in [0.1, 0.15) is 11.5 Å². The van der Waals surface area contributed by atoms with Crippen molar-refractivity contribution in [2.24, 2.45) is 0 Å². The summed E-state index contributed by atoms with van der Waals surface area (Å²) in [4.78, 5) is 25.2. The summed E-state index contributed by atoms with van der Waals surface area (Å²) in [5.74, 6) is 0.639. The van der Waals surface area contributed by atoms with Crippen LogP contribution in [-0.2, 0) is 11.3 Å². The number of nitrogens with one attached hydrogen (secondary N) is 2. The zero-order valence-electron chi connectivity index (χ0n) is 16.7. The van der Waals surface area contributed by atoms with Gasteiger partial charge >= 0.3 is 0 Å². The van der Waals surface area contributed by atoms with Gasteiger partial charge in [0.25, 0.3) is 11.8 Å². The SMILES string of the molecule is Cc1cc(C)cc(O[C@H](C)C(=O)Nc2ccccc2C(=O)NCc2ccco2)c1. The number of rotatable bonds is 7. The summed E-state index contributed by atoms with van der Waals surface area (Å²) < 4.78 is 11.0. The van der Waals surface area contributed by atoms with E-state index in [4.69, 9.17) is 9.15 Å². The first-order valence-electron chi connectivity index (χ1n) is 9.38. The molecule has 150 valence electrons. The number of hydrogen-bond acceptors (Lipinski definition) is 4. The number of anilines is 1. The van der Waals surface area contributed by atoms with Gasteiger partial charge < -0.3 is 19.8 Å². The molecule has 2 amide bonds. The number of para-hydroxylation sites is 1. The lowest BCUT2D eigenvalue weighted by Gasteiger charge is -2.17. The Bertz CT molecular complexity index is 976. The molecule has 1 atom stereocenters. The van der Waals surface area contributed by atoms with Crippen LogP contribution in [-0.4, -0.2) is 17.9 Å². The molecule has 0 aliphatic carbocycles. The largest absolute Gasteiger partial charge is 0.481 e. The highest BCUT2D eigenvalue weighted by Crippen LogP contribution is 2.19. The van der Waals surface area contributed by atoms with Crippen LogP contribution in [0, 0.1) is 13.8 Å². The number of hydrogen-bond donors (Lipinski definition) is 2. The molecule has 0 bridgehead atoms. The molecule has 6 nitrogen and oxygen atoms in total. The number of carbonyl (C=O) groups excluding carboxylic acids is 2. The van der Waals surface area contributed by atoms with E-state index in [9.17, 15) is 9.59 Å². The third kappa shape index (κ3) is 5.48. The molecule has 0 aliphatic heterocycles. The van der Waals surface area contributed by atoms with Crippen molar-refractivity contribution in [3.63, 3.8) is 0 Å². The van der Waals surface area contributed by atoms with E-state index < -0.39 is 6.10 Å². The quantitative estimate of drug-likeness (QED) is 0.630. The molecule has 2 N–H and O–H groups in total. The Morgan fingerprint density at radius 2 is 1.76 bits per heavy atom. The molecule has 0 saturated heterocycles. The molecule has 0 unspecified atom stereocenters. The fourth-order valence-corrected chi connectivity index (χ4v) is 2.96. The molecule has 0 radical (unpaired) electrons. The van der Waals surface area contributed by atoms with Gasteiger partial charge in [0.2, 0.25) is 0 Å². The molecule has 3 aromatic rings. The van der Waals surface area contributed by atoms with Gasteiger partial charge in [-0.15, -0.1) is 0 Å². The summed E-state index contributed by atoms with van der Waals surface area (Å²) >= 11 is 0. The Morgan fingerprint density at radius 1 is 1.03 bits per heavy atom. The van der Waals surface area contributed by atoms with Crippen molar-refractivity contribution >= 4 is 17.5 Å². The topological polar surface area (TPSA) is 80.6 Å². The summed E-state index contributed by atoms with van der Waals surface area (Å²) in [5.41, 5.74) is 2.91. The maximum atomic E-state index is 12.6. The molecule has 0 fully saturated rings. The van der Waals surface area contributed by atoms with Crippen molar-refractivity contribution in [2.75, 3.05) is 5.32 Å². The van der Waals surface area contributed by atoms with Gasteiger partial charge in [-0.3, -0.25) is 9.59 Å². The number of ether oxygens (including phenoxy) is 1. The lowest BCUT2D eigenvalue weighted by atomic mass is 10.1. The average molecular weight is 392 g/mol. The molecule has 0 aliphatic rings.